The molecule has 4 heteroatoms. The van der Waals surface area contributed by atoms with Crippen molar-refractivity contribution in [1.82, 2.24) is 5.32 Å². The monoisotopic (exact) mass is 200 g/mol. The van der Waals surface area contributed by atoms with E-state index in [4.69, 9.17) is 10.8 Å². The van der Waals surface area contributed by atoms with E-state index < -0.39 is 0 Å². The van der Waals surface area contributed by atoms with Crippen molar-refractivity contribution in [3.05, 3.63) is 0 Å². The molecule has 4 N–H and O–H groups in total. The number of carbonyl (C=O) groups is 1. The molecule has 0 heterocycles. The Morgan fingerprint density at radius 1 is 1.50 bits per heavy atom. The first-order chi connectivity index (χ1) is 6.59. The molecule has 1 saturated carbocycles. The van der Waals surface area contributed by atoms with Crippen molar-refractivity contribution in [2.75, 3.05) is 6.54 Å². The second-order valence-corrected chi connectivity index (χ2v) is 4.21. The third-order valence-corrected chi connectivity index (χ3v) is 2.83. The molecular weight excluding hydrogens is 180 g/mol. The number of hydrogen-bond acceptors (Lipinski definition) is 3. The molecular formula is C10H20N2O2. The van der Waals surface area contributed by atoms with Crippen molar-refractivity contribution in [2.45, 2.75) is 44.8 Å². The Hall–Kier alpha value is -0.610. The average Bonchev–Trinajstić information content (AvgIpc) is 2.15. The van der Waals surface area contributed by atoms with Gasteiger partial charge in [-0.05, 0) is 32.6 Å². The van der Waals surface area contributed by atoms with Gasteiger partial charge in [-0.3, -0.25) is 4.79 Å². The summed E-state index contributed by atoms with van der Waals surface area (Å²) in [5.41, 5.74) is 5.24. The van der Waals surface area contributed by atoms with Gasteiger partial charge in [0, 0.05) is 18.5 Å². The van der Waals surface area contributed by atoms with Crippen molar-refractivity contribution in [2.24, 2.45) is 11.7 Å². The van der Waals surface area contributed by atoms with Crippen molar-refractivity contribution in [1.29, 1.82) is 0 Å². The summed E-state index contributed by atoms with van der Waals surface area (Å²) in [7, 11) is 0. The quantitative estimate of drug-likeness (QED) is 0.598. The second-order valence-electron chi connectivity index (χ2n) is 4.21. The van der Waals surface area contributed by atoms with Gasteiger partial charge in [0.25, 0.3) is 0 Å². The molecule has 4 nitrogen and oxygen atoms in total. The van der Waals surface area contributed by atoms with E-state index in [9.17, 15) is 4.79 Å². The van der Waals surface area contributed by atoms with E-state index in [-0.39, 0.29) is 17.9 Å². The van der Waals surface area contributed by atoms with Crippen LogP contribution in [0.1, 0.15) is 32.6 Å². The van der Waals surface area contributed by atoms with Crippen LogP contribution in [0.4, 0.5) is 0 Å². The van der Waals surface area contributed by atoms with Crippen molar-refractivity contribution in [3.63, 3.8) is 0 Å². The number of hydrogen-bond donors (Lipinski definition) is 3. The van der Waals surface area contributed by atoms with Gasteiger partial charge < -0.3 is 16.2 Å². The van der Waals surface area contributed by atoms with Crippen LogP contribution in [-0.2, 0) is 4.79 Å². The molecule has 1 amide bonds. The van der Waals surface area contributed by atoms with Crippen LogP contribution < -0.4 is 11.1 Å². The molecule has 14 heavy (non-hydrogen) atoms. The maximum absolute atomic E-state index is 10.9. The van der Waals surface area contributed by atoms with Gasteiger partial charge in [0.15, 0.2) is 0 Å². The van der Waals surface area contributed by atoms with Crippen LogP contribution in [0.3, 0.4) is 0 Å². The number of aliphatic hydroxyl groups is 1. The fourth-order valence-electron chi connectivity index (χ4n) is 1.92. The Labute approximate surface area is 84.9 Å². The molecule has 1 fully saturated rings. The van der Waals surface area contributed by atoms with Crippen LogP contribution in [0.15, 0.2) is 0 Å². The Bertz CT molecular complexity index is 187. The summed E-state index contributed by atoms with van der Waals surface area (Å²) >= 11 is 0. The highest BCUT2D eigenvalue weighted by Crippen LogP contribution is 2.23. The Kier molecular flexibility index (Phi) is 4.35. The summed E-state index contributed by atoms with van der Waals surface area (Å²) in [6.45, 7) is 2.40. The number of amides is 1. The molecule has 0 unspecified atom stereocenters. The fraction of sp³-hybridized carbons (Fsp3) is 0.900. The minimum absolute atomic E-state index is 0.0691. The van der Waals surface area contributed by atoms with E-state index in [1.807, 2.05) is 0 Å². The zero-order chi connectivity index (χ0) is 10.6. The highest BCUT2D eigenvalue weighted by Gasteiger charge is 2.24. The summed E-state index contributed by atoms with van der Waals surface area (Å²) in [6, 6.07) is 0.445. The van der Waals surface area contributed by atoms with Gasteiger partial charge in [-0.15, -0.1) is 0 Å². The lowest BCUT2D eigenvalue weighted by Crippen LogP contribution is -2.39. The summed E-state index contributed by atoms with van der Waals surface area (Å²) in [4.78, 5) is 10.9. The number of aliphatic hydroxyl groups excluding tert-OH is 1. The summed E-state index contributed by atoms with van der Waals surface area (Å²) in [5, 5.41) is 12.4. The number of rotatable bonds is 4. The van der Waals surface area contributed by atoms with E-state index in [1.165, 1.54) is 0 Å². The minimum Gasteiger partial charge on any atom is -0.392 e. The Morgan fingerprint density at radius 3 is 2.50 bits per heavy atom. The Balaban J connectivity index is 2.19. The van der Waals surface area contributed by atoms with Crippen LogP contribution in [0.5, 0.6) is 0 Å². The van der Waals surface area contributed by atoms with E-state index in [0.717, 1.165) is 25.7 Å². The third kappa shape index (κ3) is 3.64. The second kappa shape index (κ2) is 5.32. The van der Waals surface area contributed by atoms with Gasteiger partial charge in [-0.2, -0.15) is 0 Å². The summed E-state index contributed by atoms with van der Waals surface area (Å²) in [6.07, 6.45) is 3.43. The maximum atomic E-state index is 10.9. The lowest BCUT2D eigenvalue weighted by atomic mass is 9.85. The maximum Gasteiger partial charge on any atom is 0.220 e. The van der Waals surface area contributed by atoms with Crippen LogP contribution in [-0.4, -0.2) is 29.7 Å². The highest BCUT2D eigenvalue weighted by atomic mass is 16.3. The standard InChI is InChI=1S/C10H20N2O2/c1-7(13)6-12-9-4-2-8(3-5-9)10(11)14/h7-9,12-13H,2-6H2,1H3,(H2,11,14)/t7-,8?,9?/m1/s1. The molecule has 0 aromatic carbocycles. The van der Waals surface area contributed by atoms with Gasteiger partial charge in [0.05, 0.1) is 6.10 Å². The normalized spacial score (nSPS) is 29.9. The highest BCUT2D eigenvalue weighted by molar-refractivity contribution is 5.76. The van der Waals surface area contributed by atoms with E-state index in [2.05, 4.69) is 5.32 Å². The zero-order valence-corrected chi connectivity index (χ0v) is 8.70. The summed E-state index contributed by atoms with van der Waals surface area (Å²) < 4.78 is 0. The van der Waals surface area contributed by atoms with Gasteiger partial charge >= 0.3 is 0 Å². The predicted molar refractivity (Wildman–Crippen MR) is 54.6 cm³/mol. The first-order valence-corrected chi connectivity index (χ1v) is 5.30. The average molecular weight is 200 g/mol. The van der Waals surface area contributed by atoms with Crippen molar-refractivity contribution in [3.8, 4) is 0 Å². The topological polar surface area (TPSA) is 75.3 Å². The van der Waals surface area contributed by atoms with E-state index in [1.54, 1.807) is 6.92 Å². The molecule has 0 aromatic heterocycles. The van der Waals surface area contributed by atoms with Crippen LogP contribution in [0.2, 0.25) is 0 Å². The smallest absolute Gasteiger partial charge is 0.220 e. The SMILES string of the molecule is C[C@@H](O)CNC1CCC(C(N)=O)CC1. The third-order valence-electron chi connectivity index (χ3n) is 2.83. The van der Waals surface area contributed by atoms with Crippen molar-refractivity contribution < 1.29 is 9.90 Å². The molecule has 1 aliphatic carbocycles. The molecule has 82 valence electrons. The minimum atomic E-state index is -0.302. The predicted octanol–water partition coefficient (Wildman–Crippen LogP) is 0.000900. The molecule has 1 rings (SSSR count). The molecule has 0 radical (unpaired) electrons. The van der Waals surface area contributed by atoms with Gasteiger partial charge in [0.1, 0.15) is 0 Å². The van der Waals surface area contributed by atoms with Gasteiger partial charge in [-0.25, -0.2) is 0 Å². The van der Waals surface area contributed by atoms with Crippen LogP contribution in [0, 0.1) is 5.92 Å². The largest absolute Gasteiger partial charge is 0.392 e. The van der Waals surface area contributed by atoms with E-state index >= 15 is 0 Å². The summed E-state index contributed by atoms with van der Waals surface area (Å²) in [5.74, 6) is -0.0985. The van der Waals surface area contributed by atoms with Gasteiger partial charge in [0.2, 0.25) is 5.91 Å². The molecule has 0 aromatic rings. The molecule has 0 saturated heterocycles. The number of carbonyl (C=O) groups excluding carboxylic acids is 1. The van der Waals surface area contributed by atoms with Crippen LogP contribution in [0.25, 0.3) is 0 Å². The molecule has 0 bridgehead atoms. The first kappa shape index (κ1) is 11.5. The van der Waals surface area contributed by atoms with Gasteiger partial charge in [-0.1, -0.05) is 0 Å². The number of primary amides is 1. The molecule has 0 spiro atoms. The number of nitrogens with one attached hydrogen (secondary N) is 1. The first-order valence-electron chi connectivity index (χ1n) is 5.30. The van der Waals surface area contributed by atoms with E-state index in [0.29, 0.717) is 12.6 Å². The number of nitrogens with two attached hydrogens (primary N) is 1. The van der Waals surface area contributed by atoms with Crippen LogP contribution >= 0.6 is 0 Å². The molecule has 1 aliphatic rings. The lowest BCUT2D eigenvalue weighted by Gasteiger charge is -2.27. The molecule has 0 aliphatic heterocycles. The Morgan fingerprint density at radius 2 is 2.07 bits per heavy atom. The zero-order valence-electron chi connectivity index (χ0n) is 8.70. The molecule has 1 atom stereocenters. The lowest BCUT2D eigenvalue weighted by molar-refractivity contribution is -0.122. The fourth-order valence-corrected chi connectivity index (χ4v) is 1.92. The van der Waals surface area contributed by atoms with Crippen molar-refractivity contribution >= 4 is 5.91 Å².